The number of anilines is 1. The molecule has 0 aliphatic carbocycles. The summed E-state index contributed by atoms with van der Waals surface area (Å²) in [5, 5.41) is 11.3. The van der Waals surface area contributed by atoms with Gasteiger partial charge in [0.1, 0.15) is 5.75 Å². The van der Waals surface area contributed by atoms with Gasteiger partial charge in [0, 0.05) is 19.6 Å². The number of ether oxygens (including phenoxy) is 1. The number of nitrogens with zero attached hydrogens (tertiary/aromatic N) is 3. The maximum absolute atomic E-state index is 12.4. The Morgan fingerprint density at radius 1 is 1.03 bits per heavy atom. The Morgan fingerprint density at radius 3 is 2.62 bits per heavy atom. The topological polar surface area (TPSA) is 67.3 Å². The number of amides is 1. The summed E-state index contributed by atoms with van der Waals surface area (Å²) in [4.78, 5) is 14.6. The molecule has 6 nitrogen and oxygen atoms in total. The number of benzene rings is 2. The Morgan fingerprint density at radius 2 is 1.83 bits per heavy atom. The fraction of sp³-hybridized carbons (Fsp3) is 0.261. The smallest absolute Gasteiger partial charge is 0.271 e. The lowest BCUT2D eigenvalue weighted by atomic mass is 10.00. The third kappa shape index (κ3) is 4.37. The van der Waals surface area contributed by atoms with E-state index in [1.54, 1.807) is 13.2 Å². The van der Waals surface area contributed by atoms with Crippen LogP contribution in [0.25, 0.3) is 0 Å². The zero-order valence-corrected chi connectivity index (χ0v) is 16.5. The Balaban J connectivity index is 1.34. The monoisotopic (exact) mass is 388 g/mol. The number of nitrogens with one attached hydrogen (secondary N) is 1. The molecule has 29 heavy (non-hydrogen) atoms. The molecule has 1 amide bonds. The van der Waals surface area contributed by atoms with Crippen LogP contribution in [0.4, 0.5) is 5.82 Å². The number of rotatable bonds is 6. The molecule has 0 saturated heterocycles. The zero-order valence-electron chi connectivity index (χ0n) is 16.5. The van der Waals surface area contributed by atoms with Crippen molar-refractivity contribution in [3.63, 3.8) is 0 Å². The van der Waals surface area contributed by atoms with Crippen molar-refractivity contribution in [2.75, 3.05) is 25.1 Å². The van der Waals surface area contributed by atoms with Crippen LogP contribution in [0.15, 0.2) is 60.7 Å². The van der Waals surface area contributed by atoms with Gasteiger partial charge in [-0.05, 0) is 47.7 Å². The van der Waals surface area contributed by atoms with Gasteiger partial charge in [0.25, 0.3) is 5.91 Å². The molecule has 148 valence electrons. The van der Waals surface area contributed by atoms with E-state index >= 15 is 0 Å². The van der Waals surface area contributed by atoms with Gasteiger partial charge in [-0.1, -0.05) is 42.5 Å². The summed E-state index contributed by atoms with van der Waals surface area (Å²) in [6.45, 7) is 2.22. The first-order valence-corrected chi connectivity index (χ1v) is 9.80. The Hall–Kier alpha value is -3.41. The summed E-state index contributed by atoms with van der Waals surface area (Å²) < 4.78 is 5.34. The van der Waals surface area contributed by atoms with Crippen LogP contribution in [0.2, 0.25) is 0 Å². The van der Waals surface area contributed by atoms with Gasteiger partial charge in [-0.15, -0.1) is 10.2 Å². The van der Waals surface area contributed by atoms with Crippen molar-refractivity contribution in [3.05, 3.63) is 83.0 Å². The van der Waals surface area contributed by atoms with E-state index in [4.69, 9.17) is 4.74 Å². The number of hydrogen-bond acceptors (Lipinski definition) is 5. The lowest BCUT2D eigenvalue weighted by Crippen LogP contribution is -2.31. The second kappa shape index (κ2) is 8.73. The van der Waals surface area contributed by atoms with Crippen LogP contribution in [0.3, 0.4) is 0 Å². The van der Waals surface area contributed by atoms with E-state index in [9.17, 15) is 4.79 Å². The van der Waals surface area contributed by atoms with E-state index in [0.717, 1.165) is 36.6 Å². The molecule has 1 aliphatic heterocycles. The van der Waals surface area contributed by atoms with Crippen LogP contribution >= 0.6 is 0 Å². The lowest BCUT2D eigenvalue weighted by molar-refractivity contribution is 0.0948. The molecule has 1 aliphatic rings. The highest BCUT2D eigenvalue weighted by Crippen LogP contribution is 2.22. The van der Waals surface area contributed by atoms with Crippen LogP contribution in [0, 0.1) is 0 Å². The Bertz CT molecular complexity index is 988. The molecule has 0 bridgehead atoms. The van der Waals surface area contributed by atoms with Crippen LogP contribution in [0.1, 0.15) is 27.2 Å². The third-order valence-corrected chi connectivity index (χ3v) is 5.21. The highest BCUT2D eigenvalue weighted by Gasteiger charge is 2.18. The summed E-state index contributed by atoms with van der Waals surface area (Å²) >= 11 is 0. The zero-order chi connectivity index (χ0) is 20.1. The minimum Gasteiger partial charge on any atom is -0.496 e. The largest absolute Gasteiger partial charge is 0.496 e. The average molecular weight is 388 g/mol. The Labute approximate surface area is 170 Å². The highest BCUT2D eigenvalue weighted by molar-refractivity contribution is 5.92. The standard InChI is InChI=1S/C23H24N4O2/c1-29-21-9-5-4-7-18(21)12-14-24-23(28)20-10-11-22(26-25-20)27-15-13-17-6-2-3-8-19(17)16-27/h2-11H,12-16H2,1H3,(H,24,28). The molecule has 0 unspecified atom stereocenters. The molecular weight excluding hydrogens is 364 g/mol. The van der Waals surface area contributed by atoms with Crippen molar-refractivity contribution in [1.29, 1.82) is 0 Å². The maximum atomic E-state index is 12.4. The first-order valence-electron chi connectivity index (χ1n) is 9.80. The van der Waals surface area contributed by atoms with Crippen molar-refractivity contribution in [3.8, 4) is 5.75 Å². The van der Waals surface area contributed by atoms with Gasteiger partial charge < -0.3 is 15.0 Å². The van der Waals surface area contributed by atoms with Gasteiger partial charge in [-0.25, -0.2) is 0 Å². The molecule has 0 fully saturated rings. The third-order valence-electron chi connectivity index (χ3n) is 5.21. The predicted octanol–water partition coefficient (Wildman–Crippen LogP) is 3.02. The minimum atomic E-state index is -0.220. The second-order valence-electron chi connectivity index (χ2n) is 7.03. The van der Waals surface area contributed by atoms with Crippen molar-refractivity contribution in [1.82, 2.24) is 15.5 Å². The van der Waals surface area contributed by atoms with Crippen LogP contribution < -0.4 is 15.0 Å². The van der Waals surface area contributed by atoms with Gasteiger partial charge >= 0.3 is 0 Å². The number of fused-ring (bicyclic) bond motifs is 1. The van der Waals surface area contributed by atoms with Gasteiger partial charge in [-0.2, -0.15) is 0 Å². The van der Waals surface area contributed by atoms with Crippen molar-refractivity contribution in [2.45, 2.75) is 19.4 Å². The predicted molar refractivity (Wildman–Crippen MR) is 112 cm³/mol. The van der Waals surface area contributed by atoms with E-state index in [1.807, 2.05) is 30.3 Å². The SMILES string of the molecule is COc1ccccc1CCNC(=O)c1ccc(N2CCc3ccccc3C2)nn1. The number of methoxy groups -OCH3 is 1. The Kier molecular flexibility index (Phi) is 5.70. The summed E-state index contributed by atoms with van der Waals surface area (Å²) in [5.41, 5.74) is 4.09. The molecule has 0 saturated carbocycles. The number of aromatic nitrogens is 2. The quantitative estimate of drug-likeness (QED) is 0.703. The summed E-state index contributed by atoms with van der Waals surface area (Å²) in [5.74, 6) is 1.40. The van der Waals surface area contributed by atoms with Crippen LogP contribution in [-0.2, 0) is 19.4 Å². The fourth-order valence-electron chi connectivity index (χ4n) is 3.62. The lowest BCUT2D eigenvalue weighted by Gasteiger charge is -2.29. The van der Waals surface area contributed by atoms with Crippen molar-refractivity contribution in [2.24, 2.45) is 0 Å². The number of carbonyl (C=O) groups is 1. The highest BCUT2D eigenvalue weighted by atomic mass is 16.5. The number of para-hydroxylation sites is 1. The summed E-state index contributed by atoms with van der Waals surface area (Å²) in [7, 11) is 1.65. The van der Waals surface area contributed by atoms with E-state index < -0.39 is 0 Å². The first kappa shape index (κ1) is 18.9. The molecule has 0 radical (unpaired) electrons. The average Bonchev–Trinajstić information content (AvgIpc) is 2.79. The molecule has 6 heteroatoms. The van der Waals surface area contributed by atoms with Gasteiger partial charge in [0.2, 0.25) is 0 Å². The van der Waals surface area contributed by atoms with Gasteiger partial charge in [0.15, 0.2) is 11.5 Å². The van der Waals surface area contributed by atoms with E-state index in [-0.39, 0.29) is 5.91 Å². The molecule has 3 aromatic rings. The molecule has 0 spiro atoms. The van der Waals surface area contributed by atoms with E-state index in [2.05, 4.69) is 44.7 Å². The van der Waals surface area contributed by atoms with Gasteiger partial charge in [-0.3, -0.25) is 4.79 Å². The van der Waals surface area contributed by atoms with E-state index in [1.165, 1.54) is 11.1 Å². The van der Waals surface area contributed by atoms with Gasteiger partial charge in [0.05, 0.1) is 7.11 Å². The summed E-state index contributed by atoms with van der Waals surface area (Å²) in [6.07, 6.45) is 1.68. The normalized spacial score (nSPS) is 12.9. The molecule has 0 atom stereocenters. The second-order valence-corrected chi connectivity index (χ2v) is 7.03. The summed E-state index contributed by atoms with van der Waals surface area (Å²) in [6, 6.07) is 19.9. The molecule has 1 aromatic heterocycles. The van der Waals surface area contributed by atoms with E-state index in [0.29, 0.717) is 18.7 Å². The first-order chi connectivity index (χ1) is 14.2. The van der Waals surface area contributed by atoms with Crippen LogP contribution in [-0.4, -0.2) is 36.3 Å². The van der Waals surface area contributed by atoms with Crippen molar-refractivity contribution < 1.29 is 9.53 Å². The number of hydrogen-bond donors (Lipinski definition) is 1. The molecule has 1 N–H and O–H groups in total. The molecular formula is C23H24N4O2. The van der Waals surface area contributed by atoms with Crippen molar-refractivity contribution >= 4 is 11.7 Å². The number of carbonyl (C=O) groups excluding carboxylic acids is 1. The molecule has 2 aromatic carbocycles. The van der Waals surface area contributed by atoms with Crippen LogP contribution in [0.5, 0.6) is 5.75 Å². The maximum Gasteiger partial charge on any atom is 0.271 e. The minimum absolute atomic E-state index is 0.220. The molecule has 4 rings (SSSR count). The fourth-order valence-corrected chi connectivity index (χ4v) is 3.62. The molecule has 2 heterocycles.